The molecule has 0 saturated carbocycles. The Morgan fingerprint density at radius 2 is 1.62 bits per heavy atom. The van der Waals surface area contributed by atoms with Crippen molar-refractivity contribution in [1.82, 2.24) is 5.32 Å². The first-order valence-corrected chi connectivity index (χ1v) is 4.37. The quantitative estimate of drug-likeness (QED) is 0.736. The van der Waals surface area contributed by atoms with Crippen LogP contribution in [0.15, 0.2) is 0 Å². The third-order valence-electron chi connectivity index (χ3n) is 1.92. The first kappa shape index (κ1) is 15.1. The number of nitrogens with two attached hydrogens (primary N) is 1. The zero-order chi connectivity index (χ0) is 13.2. The molecule has 0 unspecified atom stereocenters. The van der Waals surface area contributed by atoms with Crippen LogP contribution in [0.4, 0.5) is 22.0 Å². The predicted molar refractivity (Wildman–Crippen MR) is 46.8 cm³/mol. The van der Waals surface area contributed by atoms with Crippen LogP contribution in [-0.2, 0) is 4.79 Å². The topological polar surface area (TPSA) is 55.1 Å². The van der Waals surface area contributed by atoms with Crippen LogP contribution < -0.4 is 11.1 Å². The van der Waals surface area contributed by atoms with Crippen molar-refractivity contribution in [1.29, 1.82) is 0 Å². The highest BCUT2D eigenvalue weighted by Crippen LogP contribution is 2.35. The van der Waals surface area contributed by atoms with Crippen LogP contribution in [0.1, 0.15) is 13.8 Å². The van der Waals surface area contributed by atoms with Crippen LogP contribution in [0.5, 0.6) is 0 Å². The molecule has 96 valence electrons. The molecule has 0 aromatic rings. The maximum Gasteiger partial charge on any atom is 0.463 e. The van der Waals surface area contributed by atoms with E-state index in [1.54, 1.807) is 0 Å². The Labute approximate surface area is 89.2 Å². The minimum atomic E-state index is -5.88. The second-order valence-corrected chi connectivity index (χ2v) is 4.12. The number of rotatable bonds is 4. The molecule has 0 radical (unpaired) electrons. The zero-order valence-corrected chi connectivity index (χ0v) is 8.79. The SMILES string of the molecule is CC(C)(CN)CNC(=O)C(F)(F)C(F)(F)F. The first-order valence-electron chi connectivity index (χ1n) is 4.37. The van der Waals surface area contributed by atoms with Crippen LogP contribution in [0.25, 0.3) is 0 Å². The lowest BCUT2D eigenvalue weighted by Gasteiger charge is -2.25. The summed E-state index contributed by atoms with van der Waals surface area (Å²) in [5.74, 6) is -7.74. The van der Waals surface area contributed by atoms with E-state index in [2.05, 4.69) is 0 Å². The minimum absolute atomic E-state index is 0.0465. The molecule has 0 aliphatic heterocycles. The van der Waals surface area contributed by atoms with Gasteiger partial charge >= 0.3 is 12.1 Å². The number of hydrogen-bond acceptors (Lipinski definition) is 2. The van der Waals surface area contributed by atoms with Gasteiger partial charge in [-0.15, -0.1) is 0 Å². The molecule has 8 heteroatoms. The molecular weight excluding hydrogens is 235 g/mol. The standard InChI is InChI=1S/C8H13F5N2O/c1-6(2,3-14)4-15-5(16)7(9,10)8(11,12)13/h3-4,14H2,1-2H3,(H,15,16). The summed E-state index contributed by atoms with van der Waals surface area (Å²) in [6.07, 6.45) is -5.88. The summed E-state index contributed by atoms with van der Waals surface area (Å²) >= 11 is 0. The fourth-order valence-electron chi connectivity index (χ4n) is 0.631. The lowest BCUT2D eigenvalue weighted by Crippen LogP contribution is -2.52. The normalized spacial score (nSPS) is 13.8. The van der Waals surface area contributed by atoms with E-state index in [0.717, 1.165) is 0 Å². The second-order valence-electron chi connectivity index (χ2n) is 4.12. The van der Waals surface area contributed by atoms with Crippen LogP contribution >= 0.6 is 0 Å². The number of nitrogens with one attached hydrogen (secondary N) is 1. The Morgan fingerprint density at radius 3 is 1.94 bits per heavy atom. The molecular formula is C8H13F5N2O. The van der Waals surface area contributed by atoms with Crippen molar-refractivity contribution >= 4 is 5.91 Å². The number of carbonyl (C=O) groups excluding carboxylic acids is 1. The van der Waals surface area contributed by atoms with Gasteiger partial charge in [-0.2, -0.15) is 22.0 Å². The number of carbonyl (C=O) groups is 1. The lowest BCUT2D eigenvalue weighted by atomic mass is 9.94. The highest BCUT2D eigenvalue weighted by atomic mass is 19.4. The monoisotopic (exact) mass is 248 g/mol. The Morgan fingerprint density at radius 1 is 1.19 bits per heavy atom. The van der Waals surface area contributed by atoms with E-state index in [0.29, 0.717) is 0 Å². The van der Waals surface area contributed by atoms with Crippen LogP contribution in [-0.4, -0.2) is 31.1 Å². The summed E-state index contributed by atoms with van der Waals surface area (Å²) in [7, 11) is 0. The second kappa shape index (κ2) is 4.52. The van der Waals surface area contributed by atoms with Gasteiger partial charge in [0.2, 0.25) is 0 Å². The summed E-state index contributed by atoms with van der Waals surface area (Å²) in [4.78, 5) is 10.7. The van der Waals surface area contributed by atoms with Gasteiger partial charge < -0.3 is 11.1 Å². The molecule has 3 nitrogen and oxygen atoms in total. The Hall–Kier alpha value is -0.920. The van der Waals surface area contributed by atoms with E-state index < -0.39 is 23.4 Å². The molecule has 0 fully saturated rings. The Kier molecular flexibility index (Phi) is 4.26. The molecule has 16 heavy (non-hydrogen) atoms. The predicted octanol–water partition coefficient (Wildman–Crippen LogP) is 1.29. The van der Waals surface area contributed by atoms with Crippen molar-refractivity contribution in [3.63, 3.8) is 0 Å². The van der Waals surface area contributed by atoms with E-state index in [1.807, 2.05) is 0 Å². The van der Waals surface area contributed by atoms with Crippen molar-refractivity contribution in [3.8, 4) is 0 Å². The van der Waals surface area contributed by atoms with Gasteiger partial charge in [-0.1, -0.05) is 13.8 Å². The third-order valence-corrected chi connectivity index (χ3v) is 1.92. The maximum atomic E-state index is 12.4. The van der Waals surface area contributed by atoms with Crippen molar-refractivity contribution in [2.24, 2.45) is 11.1 Å². The fraction of sp³-hybridized carbons (Fsp3) is 0.875. The molecule has 0 spiro atoms. The van der Waals surface area contributed by atoms with Gasteiger partial charge in [0, 0.05) is 6.54 Å². The average Bonchev–Trinajstić information content (AvgIpc) is 2.12. The number of hydrogen-bond donors (Lipinski definition) is 2. The summed E-state index contributed by atoms with van der Waals surface area (Å²) in [6, 6.07) is 0. The van der Waals surface area contributed by atoms with E-state index in [9.17, 15) is 26.7 Å². The summed E-state index contributed by atoms with van der Waals surface area (Å²) in [5.41, 5.74) is 4.49. The van der Waals surface area contributed by atoms with Crippen molar-refractivity contribution < 1.29 is 26.7 Å². The highest BCUT2D eigenvalue weighted by molar-refractivity contribution is 5.84. The lowest BCUT2D eigenvalue weighted by molar-refractivity contribution is -0.269. The molecule has 0 rings (SSSR count). The molecule has 3 N–H and O–H groups in total. The Balaban J connectivity index is 4.50. The van der Waals surface area contributed by atoms with Gasteiger partial charge in [-0.3, -0.25) is 4.79 Å². The van der Waals surface area contributed by atoms with Gasteiger partial charge in [0.1, 0.15) is 0 Å². The van der Waals surface area contributed by atoms with Crippen molar-refractivity contribution in [3.05, 3.63) is 0 Å². The molecule has 0 aliphatic carbocycles. The molecule has 0 bridgehead atoms. The zero-order valence-electron chi connectivity index (χ0n) is 8.79. The van der Waals surface area contributed by atoms with E-state index in [1.165, 1.54) is 19.2 Å². The molecule has 0 aromatic heterocycles. The minimum Gasteiger partial charge on any atom is -0.350 e. The van der Waals surface area contributed by atoms with Crippen LogP contribution in [0, 0.1) is 5.41 Å². The van der Waals surface area contributed by atoms with Gasteiger partial charge in [-0.05, 0) is 12.0 Å². The molecule has 0 heterocycles. The van der Waals surface area contributed by atoms with Crippen LogP contribution in [0.2, 0.25) is 0 Å². The van der Waals surface area contributed by atoms with Crippen molar-refractivity contribution in [2.75, 3.05) is 13.1 Å². The van der Waals surface area contributed by atoms with Crippen LogP contribution in [0.3, 0.4) is 0 Å². The van der Waals surface area contributed by atoms with E-state index in [-0.39, 0.29) is 13.1 Å². The largest absolute Gasteiger partial charge is 0.463 e. The van der Waals surface area contributed by atoms with Gasteiger partial charge in [0.05, 0.1) is 0 Å². The molecule has 0 saturated heterocycles. The highest BCUT2D eigenvalue weighted by Gasteiger charge is 2.63. The summed E-state index contributed by atoms with van der Waals surface area (Å²) in [6.45, 7) is 2.75. The summed E-state index contributed by atoms with van der Waals surface area (Å²) < 4.78 is 60.1. The van der Waals surface area contributed by atoms with Gasteiger partial charge in [-0.25, -0.2) is 0 Å². The number of amides is 1. The van der Waals surface area contributed by atoms with Gasteiger partial charge in [0.15, 0.2) is 0 Å². The van der Waals surface area contributed by atoms with Gasteiger partial charge in [0.25, 0.3) is 5.91 Å². The maximum absolute atomic E-state index is 12.4. The van der Waals surface area contributed by atoms with Crippen molar-refractivity contribution in [2.45, 2.75) is 25.9 Å². The first-order chi connectivity index (χ1) is 6.94. The molecule has 0 atom stereocenters. The molecule has 1 amide bonds. The van der Waals surface area contributed by atoms with E-state index in [4.69, 9.17) is 5.73 Å². The molecule has 0 aliphatic rings. The number of alkyl halides is 5. The third kappa shape index (κ3) is 3.58. The van der Waals surface area contributed by atoms with E-state index >= 15 is 0 Å². The fourth-order valence-corrected chi connectivity index (χ4v) is 0.631. The Bertz CT molecular complexity index is 262. The number of halogens is 5. The molecule has 0 aromatic carbocycles. The summed E-state index contributed by atoms with van der Waals surface area (Å²) in [5, 5.41) is 1.53. The average molecular weight is 248 g/mol. The smallest absolute Gasteiger partial charge is 0.350 e.